The number of rotatable bonds is 5. The number of benzene rings is 2. The van der Waals surface area contributed by atoms with Gasteiger partial charge in [-0.25, -0.2) is 0 Å². The Morgan fingerprint density at radius 2 is 1.28 bits per heavy atom. The largest absolute Gasteiger partial charge is 0.289 e. The van der Waals surface area contributed by atoms with Crippen molar-refractivity contribution in [3.63, 3.8) is 0 Å². The summed E-state index contributed by atoms with van der Waals surface area (Å²) in [5, 5.41) is 0.787. The van der Waals surface area contributed by atoms with Gasteiger partial charge in [-0.2, -0.15) is 0 Å². The van der Waals surface area contributed by atoms with E-state index in [1.165, 1.54) is 17.7 Å². The number of aryl methyl sites for hydroxylation is 2. The van der Waals surface area contributed by atoms with E-state index in [0.717, 1.165) is 43.2 Å². The Kier molecular flexibility index (Phi) is 8.15. The predicted molar refractivity (Wildman–Crippen MR) is 139 cm³/mol. The van der Waals surface area contributed by atoms with Gasteiger partial charge in [0.2, 0.25) is 0 Å². The number of carbonyl (C=O) groups is 2. The molecule has 1 aliphatic carbocycles. The van der Waals surface area contributed by atoms with Crippen molar-refractivity contribution in [2.24, 2.45) is 0 Å². The summed E-state index contributed by atoms with van der Waals surface area (Å²) >= 11 is 18.9. The summed E-state index contributed by atoms with van der Waals surface area (Å²) in [6, 6.07) is 7.22. The maximum Gasteiger partial charge on any atom is 0.195 e. The number of halogens is 3. The summed E-state index contributed by atoms with van der Waals surface area (Å²) in [7, 11) is -1.66. The second kappa shape index (κ2) is 10.1. The summed E-state index contributed by atoms with van der Waals surface area (Å²) in [6.07, 6.45) is 4.97. The highest BCUT2D eigenvalue weighted by Crippen LogP contribution is 2.55. The van der Waals surface area contributed by atoms with E-state index < -0.39 is 7.92 Å². The Hall–Kier alpha value is -0.920. The first kappa shape index (κ1) is 25.7. The summed E-state index contributed by atoms with van der Waals surface area (Å²) < 4.78 is 0. The number of carbonyl (C=O) groups excluding carboxylic acids is 2. The molecule has 1 atom stereocenters. The van der Waals surface area contributed by atoms with Crippen molar-refractivity contribution in [1.29, 1.82) is 0 Å². The average molecular weight is 512 g/mol. The molecule has 6 heteroatoms. The van der Waals surface area contributed by atoms with Gasteiger partial charge in [0.1, 0.15) is 0 Å². The zero-order chi connectivity index (χ0) is 23.8. The molecule has 172 valence electrons. The van der Waals surface area contributed by atoms with Gasteiger partial charge in [0.25, 0.3) is 0 Å². The average Bonchev–Trinajstić information content (AvgIpc) is 2.67. The summed E-state index contributed by atoms with van der Waals surface area (Å²) in [6.45, 7) is 10.4. The highest BCUT2D eigenvalue weighted by molar-refractivity contribution is 7.90. The van der Waals surface area contributed by atoms with Crippen LogP contribution >= 0.6 is 42.7 Å². The van der Waals surface area contributed by atoms with Crippen molar-refractivity contribution in [1.82, 2.24) is 0 Å². The fraction of sp³-hybridized carbons (Fsp3) is 0.462. The van der Waals surface area contributed by atoms with Crippen LogP contribution in [0.25, 0.3) is 0 Å². The molecule has 0 aliphatic heterocycles. The van der Waals surface area contributed by atoms with Crippen molar-refractivity contribution >= 4 is 53.8 Å². The van der Waals surface area contributed by atoms with Crippen LogP contribution < -0.4 is 0 Å². The summed E-state index contributed by atoms with van der Waals surface area (Å²) in [5.41, 5.74) is 3.65. The van der Waals surface area contributed by atoms with Gasteiger partial charge < -0.3 is 0 Å². The molecule has 1 aliphatic rings. The Bertz CT molecular complexity index is 1000. The van der Waals surface area contributed by atoms with E-state index in [2.05, 4.69) is 32.9 Å². The molecule has 32 heavy (non-hydrogen) atoms. The molecular formula is C26H30Cl3O2P. The van der Waals surface area contributed by atoms with Crippen LogP contribution in [-0.2, 0) is 5.41 Å². The number of hydrogen-bond donors (Lipinski definition) is 0. The first-order valence-electron chi connectivity index (χ1n) is 11.1. The summed E-state index contributed by atoms with van der Waals surface area (Å²) in [4.78, 5) is 27.9. The smallest absolute Gasteiger partial charge is 0.195 e. The lowest BCUT2D eigenvalue weighted by Crippen LogP contribution is -2.22. The van der Waals surface area contributed by atoms with Gasteiger partial charge in [-0.15, -0.1) is 0 Å². The fourth-order valence-corrected chi connectivity index (χ4v) is 8.41. The van der Waals surface area contributed by atoms with Gasteiger partial charge in [-0.3, -0.25) is 9.59 Å². The van der Waals surface area contributed by atoms with Crippen LogP contribution in [0.5, 0.6) is 0 Å². The molecule has 0 bridgehead atoms. The maximum absolute atomic E-state index is 14.0. The minimum atomic E-state index is -1.66. The third-order valence-corrected chi connectivity index (χ3v) is 9.59. The molecule has 0 radical (unpaired) electrons. The van der Waals surface area contributed by atoms with E-state index in [-0.39, 0.29) is 37.7 Å². The Morgan fingerprint density at radius 1 is 0.812 bits per heavy atom. The Morgan fingerprint density at radius 3 is 1.75 bits per heavy atom. The van der Waals surface area contributed by atoms with Crippen LogP contribution in [0.3, 0.4) is 0 Å². The highest BCUT2D eigenvalue weighted by Gasteiger charge is 2.39. The monoisotopic (exact) mass is 510 g/mol. The molecule has 2 aromatic carbocycles. The Labute approximate surface area is 207 Å². The second-order valence-corrected chi connectivity index (χ2v) is 13.3. The van der Waals surface area contributed by atoms with E-state index in [4.69, 9.17) is 34.8 Å². The number of hydrogen-bond acceptors (Lipinski definition) is 2. The van der Waals surface area contributed by atoms with Gasteiger partial charge >= 0.3 is 0 Å². The molecule has 1 saturated carbocycles. The molecule has 2 aromatic rings. The van der Waals surface area contributed by atoms with Gasteiger partial charge in [0.15, 0.2) is 11.0 Å². The molecule has 2 nitrogen and oxygen atoms in total. The lowest BCUT2D eigenvalue weighted by atomic mass is 9.84. The fourth-order valence-electron chi connectivity index (χ4n) is 4.48. The van der Waals surface area contributed by atoms with Gasteiger partial charge in [-0.1, -0.05) is 87.0 Å². The van der Waals surface area contributed by atoms with E-state index in [1.54, 1.807) is 0 Å². The molecule has 0 saturated heterocycles. The topological polar surface area (TPSA) is 34.1 Å². The lowest BCUT2D eigenvalue weighted by molar-refractivity contribution is 0.104. The van der Waals surface area contributed by atoms with E-state index >= 15 is 0 Å². The van der Waals surface area contributed by atoms with Crippen LogP contribution in [0.4, 0.5) is 0 Å². The molecule has 0 amide bonds. The molecule has 0 spiro atoms. The SMILES string of the molecule is Cc1cc(C(C)(C)C)cc(C)c1C(=O)P(C(=O)c1c(Cl)cc(Cl)cc1Cl)C1CCCCC1. The highest BCUT2D eigenvalue weighted by atomic mass is 35.5. The van der Waals surface area contributed by atoms with E-state index in [9.17, 15) is 9.59 Å². The third-order valence-electron chi connectivity index (χ3n) is 6.21. The zero-order valence-corrected chi connectivity index (χ0v) is 22.5. The van der Waals surface area contributed by atoms with Crippen molar-refractivity contribution in [3.05, 3.63) is 67.2 Å². The first-order valence-corrected chi connectivity index (χ1v) is 13.6. The van der Waals surface area contributed by atoms with Gasteiger partial charge in [0, 0.05) is 18.5 Å². The molecule has 1 unspecified atom stereocenters. The van der Waals surface area contributed by atoms with Crippen LogP contribution in [0, 0.1) is 13.8 Å². The molecule has 1 fully saturated rings. The van der Waals surface area contributed by atoms with Crippen LogP contribution in [0.15, 0.2) is 24.3 Å². The lowest BCUT2D eigenvalue weighted by Gasteiger charge is -2.30. The predicted octanol–water partition coefficient (Wildman–Crippen LogP) is 9.36. The molecule has 0 aromatic heterocycles. The van der Waals surface area contributed by atoms with Gasteiger partial charge in [0.05, 0.1) is 15.6 Å². The minimum Gasteiger partial charge on any atom is -0.289 e. The van der Waals surface area contributed by atoms with Crippen LogP contribution in [0.2, 0.25) is 15.1 Å². The van der Waals surface area contributed by atoms with Crippen molar-refractivity contribution in [2.75, 3.05) is 0 Å². The molecule has 3 rings (SSSR count). The van der Waals surface area contributed by atoms with Crippen LogP contribution in [-0.4, -0.2) is 16.7 Å². The van der Waals surface area contributed by atoms with Gasteiger partial charge in [-0.05, 0) is 66.6 Å². The summed E-state index contributed by atoms with van der Waals surface area (Å²) in [5.74, 6) is 0. The van der Waals surface area contributed by atoms with Crippen molar-refractivity contribution in [2.45, 2.75) is 77.8 Å². The van der Waals surface area contributed by atoms with E-state index in [0.29, 0.717) is 10.6 Å². The Balaban J connectivity index is 2.12. The van der Waals surface area contributed by atoms with E-state index in [1.807, 2.05) is 13.8 Å². The van der Waals surface area contributed by atoms with Crippen molar-refractivity contribution < 1.29 is 9.59 Å². The molecule has 0 heterocycles. The third kappa shape index (κ3) is 5.41. The minimum absolute atomic E-state index is 0.0224. The molecular weight excluding hydrogens is 482 g/mol. The molecule has 0 N–H and O–H groups in total. The quantitative estimate of drug-likeness (QED) is 0.375. The maximum atomic E-state index is 14.0. The first-order chi connectivity index (χ1) is 14.9. The zero-order valence-electron chi connectivity index (χ0n) is 19.3. The standard InChI is InChI=1S/C26H30Cl3O2P/c1-15-11-17(26(3,4)5)12-16(2)22(15)24(30)32(19-9-7-6-8-10-19)25(31)23-20(28)13-18(27)14-21(23)29/h11-14,19H,6-10H2,1-5H3. The van der Waals surface area contributed by atoms with Crippen molar-refractivity contribution in [3.8, 4) is 0 Å². The van der Waals surface area contributed by atoms with Crippen LogP contribution in [0.1, 0.15) is 90.3 Å². The second-order valence-electron chi connectivity index (χ2n) is 9.75. The normalized spacial score (nSPS) is 16.1.